The molecule has 0 atom stereocenters. The number of nitriles is 1. The van der Waals surface area contributed by atoms with Crippen LogP contribution in [0.3, 0.4) is 0 Å². The van der Waals surface area contributed by atoms with Crippen LogP contribution in [-0.2, 0) is 6.42 Å². The minimum absolute atomic E-state index is 0.0330. The van der Waals surface area contributed by atoms with Crippen LogP contribution in [0, 0.1) is 36.0 Å². The number of carbonyl (C=O) groups excluding carboxylic acids is 1. The Hall–Kier alpha value is -2.45. The van der Waals surface area contributed by atoms with Gasteiger partial charge < -0.3 is 10.1 Å². The van der Waals surface area contributed by atoms with Crippen LogP contribution in [0.25, 0.3) is 0 Å². The molecule has 4 nitrogen and oxygen atoms in total. The average Bonchev–Trinajstić information content (AvgIpc) is 2.73. The number of hydrogen-bond donors (Lipinski definition) is 2. The zero-order valence-corrected chi connectivity index (χ0v) is 20.1. The summed E-state index contributed by atoms with van der Waals surface area (Å²) in [6.07, 6.45) is 0.815. The SMILES string of the molecule is Cc1c(C#N)ccc(OC2C(C)(C)C(NC(=O)c3ccc(CCS)cc3)C2(C)C)c1C. The monoisotopic (exact) mass is 436 g/mol. The highest BCUT2D eigenvalue weighted by Gasteiger charge is 2.64. The molecule has 0 aliphatic heterocycles. The second-order valence-electron chi connectivity index (χ2n) is 9.69. The smallest absolute Gasteiger partial charge is 0.251 e. The molecule has 3 rings (SSSR count). The number of hydrogen-bond acceptors (Lipinski definition) is 4. The molecule has 1 N–H and O–H groups in total. The first-order valence-electron chi connectivity index (χ1n) is 10.7. The van der Waals surface area contributed by atoms with Crippen molar-refractivity contribution in [2.45, 2.75) is 60.1 Å². The van der Waals surface area contributed by atoms with Gasteiger partial charge in [-0.3, -0.25) is 4.79 Å². The number of thiol groups is 1. The minimum atomic E-state index is -0.251. The van der Waals surface area contributed by atoms with Crippen LogP contribution in [0.4, 0.5) is 0 Å². The van der Waals surface area contributed by atoms with Crippen molar-refractivity contribution in [1.82, 2.24) is 5.32 Å². The Balaban J connectivity index is 1.76. The van der Waals surface area contributed by atoms with Gasteiger partial charge in [0.25, 0.3) is 5.91 Å². The summed E-state index contributed by atoms with van der Waals surface area (Å²) < 4.78 is 6.48. The van der Waals surface area contributed by atoms with Crippen molar-refractivity contribution in [2.24, 2.45) is 10.8 Å². The molecule has 0 spiro atoms. The maximum atomic E-state index is 12.9. The van der Waals surface area contributed by atoms with Gasteiger partial charge in [0.1, 0.15) is 11.9 Å². The highest BCUT2D eigenvalue weighted by Crippen LogP contribution is 2.55. The fourth-order valence-corrected chi connectivity index (χ4v) is 5.40. The molecular weight excluding hydrogens is 404 g/mol. The van der Waals surface area contributed by atoms with Gasteiger partial charge in [0, 0.05) is 22.4 Å². The number of aryl methyl sites for hydroxylation is 1. The Labute approximate surface area is 191 Å². The Kier molecular flexibility index (Phi) is 6.43. The molecule has 0 bridgehead atoms. The summed E-state index contributed by atoms with van der Waals surface area (Å²) in [4.78, 5) is 12.9. The Morgan fingerprint density at radius 1 is 1.06 bits per heavy atom. The molecule has 2 aromatic carbocycles. The number of amides is 1. The first-order chi connectivity index (χ1) is 14.5. The van der Waals surface area contributed by atoms with Crippen LogP contribution in [0.5, 0.6) is 5.75 Å². The average molecular weight is 437 g/mol. The van der Waals surface area contributed by atoms with E-state index in [1.165, 1.54) is 5.56 Å². The normalized spacial score (nSPS) is 21.0. The largest absolute Gasteiger partial charge is 0.489 e. The van der Waals surface area contributed by atoms with E-state index in [4.69, 9.17) is 4.74 Å². The van der Waals surface area contributed by atoms with Crippen LogP contribution in [0.2, 0.25) is 0 Å². The van der Waals surface area contributed by atoms with Gasteiger partial charge in [-0.1, -0.05) is 39.8 Å². The number of nitrogens with one attached hydrogen (secondary N) is 1. The van der Waals surface area contributed by atoms with Gasteiger partial charge in [-0.15, -0.1) is 0 Å². The fourth-order valence-electron chi connectivity index (χ4n) is 5.14. The molecule has 1 amide bonds. The molecule has 31 heavy (non-hydrogen) atoms. The summed E-state index contributed by atoms with van der Waals surface area (Å²) >= 11 is 4.26. The second kappa shape index (κ2) is 8.59. The van der Waals surface area contributed by atoms with Gasteiger partial charge in [0.15, 0.2) is 0 Å². The summed E-state index contributed by atoms with van der Waals surface area (Å²) in [6.45, 7) is 12.5. The Bertz CT molecular complexity index is 1000. The lowest BCUT2D eigenvalue weighted by Crippen LogP contribution is -2.74. The van der Waals surface area contributed by atoms with E-state index in [2.05, 4.69) is 51.7 Å². The molecule has 0 unspecified atom stereocenters. The molecule has 0 saturated heterocycles. The zero-order chi connectivity index (χ0) is 23.0. The number of rotatable bonds is 6. The number of benzene rings is 2. The molecule has 5 heteroatoms. The predicted octanol–water partition coefficient (Wildman–Crippen LogP) is 5.26. The van der Waals surface area contributed by atoms with Gasteiger partial charge >= 0.3 is 0 Å². The molecule has 1 aliphatic rings. The van der Waals surface area contributed by atoms with Crippen molar-refractivity contribution in [3.8, 4) is 11.8 Å². The standard InChI is InChI=1S/C26H32N2O2S/c1-16-17(2)21(12-11-20(16)15-27)30-24-25(3,4)23(26(24,5)6)28-22(29)19-9-7-18(8-10-19)13-14-31/h7-12,23-24,31H,13-14H2,1-6H3,(H,28,29). The number of nitrogens with zero attached hydrogens (tertiary/aromatic N) is 1. The lowest BCUT2D eigenvalue weighted by molar-refractivity contribution is -0.164. The molecule has 164 valence electrons. The van der Waals surface area contributed by atoms with Gasteiger partial charge in [0.2, 0.25) is 0 Å². The second-order valence-corrected chi connectivity index (χ2v) is 10.1. The molecule has 0 heterocycles. The maximum Gasteiger partial charge on any atom is 0.251 e. The molecule has 1 aliphatic carbocycles. The van der Waals surface area contributed by atoms with E-state index in [-0.39, 0.29) is 28.9 Å². The minimum Gasteiger partial charge on any atom is -0.489 e. The topological polar surface area (TPSA) is 62.1 Å². The quantitative estimate of drug-likeness (QED) is 0.607. The van der Waals surface area contributed by atoms with Gasteiger partial charge in [-0.05, 0) is 67.0 Å². The van der Waals surface area contributed by atoms with E-state index >= 15 is 0 Å². The van der Waals surface area contributed by atoms with Crippen LogP contribution in [0.1, 0.15) is 60.3 Å². The van der Waals surface area contributed by atoms with Crippen molar-refractivity contribution in [3.63, 3.8) is 0 Å². The lowest BCUT2D eigenvalue weighted by Gasteiger charge is -2.63. The number of ether oxygens (including phenoxy) is 1. The van der Waals surface area contributed by atoms with Crippen molar-refractivity contribution >= 4 is 18.5 Å². The molecule has 0 radical (unpaired) electrons. The van der Waals surface area contributed by atoms with E-state index < -0.39 is 0 Å². The summed E-state index contributed by atoms with van der Waals surface area (Å²) in [7, 11) is 0. The highest BCUT2D eigenvalue weighted by atomic mass is 32.1. The van der Waals surface area contributed by atoms with E-state index in [0.29, 0.717) is 11.1 Å². The van der Waals surface area contributed by atoms with E-state index in [1.807, 2.05) is 50.2 Å². The van der Waals surface area contributed by atoms with E-state index in [9.17, 15) is 10.1 Å². The van der Waals surface area contributed by atoms with E-state index in [1.54, 1.807) is 0 Å². The first kappa shape index (κ1) is 23.2. The molecule has 1 saturated carbocycles. The zero-order valence-electron chi connectivity index (χ0n) is 19.2. The van der Waals surface area contributed by atoms with Crippen molar-refractivity contribution < 1.29 is 9.53 Å². The molecule has 2 aromatic rings. The maximum absolute atomic E-state index is 12.9. The summed E-state index contributed by atoms with van der Waals surface area (Å²) in [5, 5.41) is 12.5. The highest BCUT2D eigenvalue weighted by molar-refractivity contribution is 7.80. The third kappa shape index (κ3) is 4.19. The van der Waals surface area contributed by atoms with Crippen molar-refractivity contribution in [1.29, 1.82) is 5.26 Å². The number of carbonyl (C=O) groups is 1. The van der Waals surface area contributed by atoms with E-state index in [0.717, 1.165) is 29.1 Å². The van der Waals surface area contributed by atoms with Crippen LogP contribution in [-0.4, -0.2) is 23.8 Å². The Morgan fingerprint density at radius 2 is 1.68 bits per heavy atom. The summed E-state index contributed by atoms with van der Waals surface area (Å²) in [5.41, 5.74) is 3.94. The Morgan fingerprint density at radius 3 is 2.23 bits per heavy atom. The summed E-state index contributed by atoms with van der Waals surface area (Å²) in [6, 6.07) is 13.6. The fraction of sp³-hybridized carbons (Fsp3) is 0.462. The molecule has 0 aromatic heterocycles. The first-order valence-corrected chi connectivity index (χ1v) is 11.3. The van der Waals surface area contributed by atoms with Crippen molar-refractivity contribution in [2.75, 3.05) is 5.75 Å². The van der Waals surface area contributed by atoms with Crippen molar-refractivity contribution in [3.05, 3.63) is 64.2 Å². The van der Waals surface area contributed by atoms with Gasteiger partial charge in [-0.25, -0.2) is 0 Å². The molecule has 1 fully saturated rings. The summed E-state index contributed by atoms with van der Waals surface area (Å²) in [5.74, 6) is 1.52. The lowest BCUT2D eigenvalue weighted by atomic mass is 9.49. The van der Waals surface area contributed by atoms with Crippen LogP contribution < -0.4 is 10.1 Å². The van der Waals surface area contributed by atoms with Crippen LogP contribution >= 0.6 is 12.6 Å². The third-order valence-corrected chi connectivity index (χ3v) is 7.06. The molecular formula is C26H32N2O2S. The third-order valence-electron chi connectivity index (χ3n) is 6.83. The van der Waals surface area contributed by atoms with Crippen LogP contribution in [0.15, 0.2) is 36.4 Å². The van der Waals surface area contributed by atoms with Gasteiger partial charge in [-0.2, -0.15) is 17.9 Å². The predicted molar refractivity (Wildman–Crippen MR) is 128 cm³/mol. The van der Waals surface area contributed by atoms with Gasteiger partial charge in [0.05, 0.1) is 11.6 Å².